The Morgan fingerprint density at radius 2 is 1.56 bits per heavy atom. The molecule has 0 fully saturated rings. The summed E-state index contributed by atoms with van der Waals surface area (Å²) < 4.78 is 83.5. The number of amides is 1. The van der Waals surface area contributed by atoms with Gasteiger partial charge in [-0.05, 0) is 45.0 Å². The average Bonchev–Trinajstić information content (AvgIpc) is 2.88. The number of benzene rings is 1. The van der Waals surface area contributed by atoms with Crippen LogP contribution in [-0.4, -0.2) is 21.5 Å². The summed E-state index contributed by atoms with van der Waals surface area (Å²) in [6.45, 7) is 4.59. The van der Waals surface area contributed by atoms with Gasteiger partial charge in [-0.15, -0.1) is 0 Å². The maximum atomic E-state index is 13.5. The van der Waals surface area contributed by atoms with Crippen LogP contribution in [0.25, 0.3) is 5.69 Å². The maximum absolute atomic E-state index is 13.5. The summed E-state index contributed by atoms with van der Waals surface area (Å²) >= 11 is 0. The number of anilines is 1. The van der Waals surface area contributed by atoms with Crippen molar-refractivity contribution in [1.29, 1.82) is 0 Å². The summed E-state index contributed by atoms with van der Waals surface area (Å²) in [6.07, 6.45) is -9.95. The number of hydrogen-bond acceptors (Lipinski definition) is 3. The van der Waals surface area contributed by atoms with Gasteiger partial charge in [-0.2, -0.15) is 31.4 Å². The van der Waals surface area contributed by atoms with E-state index < -0.39 is 41.0 Å². The van der Waals surface area contributed by atoms with Crippen LogP contribution in [0, 0.1) is 0 Å². The predicted octanol–water partition coefficient (Wildman–Crippen LogP) is 5.26. The Hall–Kier alpha value is -2.72. The van der Waals surface area contributed by atoms with Gasteiger partial charge in [0.25, 0.3) is 0 Å². The first-order chi connectivity index (χ1) is 12.2. The monoisotopic (exact) mass is 395 g/mol. The number of halogens is 6. The van der Waals surface area contributed by atoms with Crippen molar-refractivity contribution in [3.05, 3.63) is 41.7 Å². The van der Waals surface area contributed by atoms with E-state index in [1.165, 1.54) is 20.8 Å². The van der Waals surface area contributed by atoms with Gasteiger partial charge < -0.3 is 4.74 Å². The second-order valence-electron chi connectivity index (χ2n) is 6.49. The third-order valence-corrected chi connectivity index (χ3v) is 3.11. The molecule has 0 spiro atoms. The Labute approximate surface area is 149 Å². The van der Waals surface area contributed by atoms with Crippen LogP contribution in [0.5, 0.6) is 0 Å². The van der Waals surface area contributed by atoms with Gasteiger partial charge in [-0.3, -0.25) is 5.32 Å². The van der Waals surface area contributed by atoms with Gasteiger partial charge in [0.2, 0.25) is 0 Å². The van der Waals surface area contributed by atoms with Gasteiger partial charge in [0, 0.05) is 0 Å². The first kappa shape index (κ1) is 20.6. The minimum Gasteiger partial charge on any atom is -0.444 e. The molecule has 5 nitrogen and oxygen atoms in total. The number of carbonyl (C=O) groups is 1. The van der Waals surface area contributed by atoms with E-state index in [2.05, 4.69) is 5.10 Å². The number of nitrogens with one attached hydrogen (secondary N) is 1. The Kier molecular flexibility index (Phi) is 5.17. The second-order valence-corrected chi connectivity index (χ2v) is 6.49. The molecule has 1 amide bonds. The van der Waals surface area contributed by atoms with Crippen molar-refractivity contribution in [1.82, 2.24) is 9.78 Å². The molecule has 2 rings (SSSR count). The highest BCUT2D eigenvalue weighted by Crippen LogP contribution is 2.37. The molecule has 0 saturated heterocycles. The summed E-state index contributed by atoms with van der Waals surface area (Å²) in [4.78, 5) is 11.7. The largest absolute Gasteiger partial charge is 0.444 e. The minimum absolute atomic E-state index is 0.257. The smallest absolute Gasteiger partial charge is 0.435 e. The first-order valence-electron chi connectivity index (χ1n) is 7.51. The van der Waals surface area contributed by atoms with Crippen molar-refractivity contribution in [3.8, 4) is 5.69 Å². The lowest BCUT2D eigenvalue weighted by Gasteiger charge is -2.20. The molecule has 148 valence electrons. The van der Waals surface area contributed by atoms with E-state index in [1.807, 2.05) is 5.32 Å². The summed E-state index contributed by atoms with van der Waals surface area (Å²) in [5, 5.41) is 5.49. The zero-order chi connectivity index (χ0) is 20.6. The molecular formula is C16H15F6N3O2. The van der Waals surface area contributed by atoms with Crippen molar-refractivity contribution in [2.45, 2.75) is 38.7 Å². The Balaban J connectivity index is 2.41. The third kappa shape index (κ3) is 5.14. The minimum atomic E-state index is -4.94. The Morgan fingerprint density at radius 3 is 2.00 bits per heavy atom. The molecule has 1 aromatic heterocycles. The van der Waals surface area contributed by atoms with Crippen LogP contribution in [0.3, 0.4) is 0 Å². The highest BCUT2D eigenvalue weighted by molar-refractivity contribution is 5.85. The number of alkyl halides is 6. The van der Waals surface area contributed by atoms with E-state index in [1.54, 1.807) is 0 Å². The molecule has 1 heterocycles. The number of carbonyl (C=O) groups excluding carboxylic acids is 1. The normalized spacial score (nSPS) is 12.8. The standard InChI is InChI=1S/C16H15F6N3O2/c1-14(2,3)27-13(26)24-11-8-23-25(12(11)16(20,21)22)10-6-4-9(5-7-10)15(17,18)19/h4-8H,1-3H3,(H,24,26). The molecule has 0 saturated carbocycles. The zero-order valence-electron chi connectivity index (χ0n) is 14.4. The summed E-state index contributed by atoms with van der Waals surface area (Å²) in [7, 11) is 0. The molecule has 0 bridgehead atoms. The van der Waals surface area contributed by atoms with E-state index in [4.69, 9.17) is 4.74 Å². The average molecular weight is 395 g/mol. The van der Waals surface area contributed by atoms with Crippen molar-refractivity contribution >= 4 is 11.8 Å². The van der Waals surface area contributed by atoms with Crippen LogP contribution >= 0.6 is 0 Å². The Morgan fingerprint density at radius 1 is 1.00 bits per heavy atom. The lowest BCUT2D eigenvalue weighted by atomic mass is 10.2. The fourth-order valence-corrected chi connectivity index (χ4v) is 2.11. The van der Waals surface area contributed by atoms with E-state index in [9.17, 15) is 31.1 Å². The van der Waals surface area contributed by atoms with Gasteiger partial charge in [0.15, 0.2) is 5.69 Å². The highest BCUT2D eigenvalue weighted by Gasteiger charge is 2.40. The number of rotatable bonds is 2. The van der Waals surface area contributed by atoms with E-state index in [0.717, 1.165) is 18.3 Å². The van der Waals surface area contributed by atoms with E-state index in [-0.39, 0.29) is 5.69 Å². The molecular weight excluding hydrogens is 380 g/mol. The van der Waals surface area contributed by atoms with Crippen LogP contribution in [0.4, 0.5) is 36.8 Å². The summed E-state index contributed by atoms with van der Waals surface area (Å²) in [6, 6.07) is 2.97. The van der Waals surface area contributed by atoms with E-state index >= 15 is 0 Å². The fourth-order valence-electron chi connectivity index (χ4n) is 2.11. The van der Waals surface area contributed by atoms with Crippen LogP contribution in [0.2, 0.25) is 0 Å². The van der Waals surface area contributed by atoms with Gasteiger partial charge in [-0.1, -0.05) is 0 Å². The first-order valence-corrected chi connectivity index (χ1v) is 7.51. The molecule has 0 aliphatic heterocycles. The SMILES string of the molecule is CC(C)(C)OC(=O)Nc1cnn(-c2ccc(C(F)(F)F)cc2)c1C(F)(F)F. The highest BCUT2D eigenvalue weighted by atomic mass is 19.4. The van der Waals surface area contributed by atoms with Crippen molar-refractivity contribution in [2.75, 3.05) is 5.32 Å². The van der Waals surface area contributed by atoms with Crippen LogP contribution in [0.15, 0.2) is 30.5 Å². The zero-order valence-corrected chi connectivity index (χ0v) is 14.4. The molecule has 0 radical (unpaired) electrons. The number of nitrogens with zero attached hydrogens (tertiary/aromatic N) is 2. The van der Waals surface area contributed by atoms with E-state index in [0.29, 0.717) is 16.8 Å². The Bertz CT molecular complexity index is 817. The molecule has 0 unspecified atom stereocenters. The molecule has 0 aliphatic rings. The molecule has 0 aliphatic carbocycles. The van der Waals surface area contributed by atoms with Gasteiger partial charge >= 0.3 is 18.4 Å². The lowest BCUT2D eigenvalue weighted by Crippen LogP contribution is -2.28. The van der Waals surface area contributed by atoms with Crippen molar-refractivity contribution < 1.29 is 35.9 Å². The number of aromatic nitrogens is 2. The summed E-state index contributed by atoms with van der Waals surface area (Å²) in [5.41, 5.74) is -4.25. The lowest BCUT2D eigenvalue weighted by molar-refractivity contribution is -0.142. The van der Waals surface area contributed by atoms with Gasteiger partial charge in [0.05, 0.1) is 23.1 Å². The quantitative estimate of drug-likeness (QED) is 0.706. The van der Waals surface area contributed by atoms with Crippen LogP contribution in [0.1, 0.15) is 32.0 Å². The fraction of sp³-hybridized carbons (Fsp3) is 0.375. The molecule has 27 heavy (non-hydrogen) atoms. The summed E-state index contributed by atoms with van der Waals surface area (Å²) in [5.74, 6) is 0. The van der Waals surface area contributed by atoms with Crippen molar-refractivity contribution in [3.63, 3.8) is 0 Å². The second kappa shape index (κ2) is 6.78. The molecule has 2 aromatic rings. The number of hydrogen-bond donors (Lipinski definition) is 1. The third-order valence-electron chi connectivity index (χ3n) is 3.11. The predicted molar refractivity (Wildman–Crippen MR) is 83.4 cm³/mol. The molecule has 1 N–H and O–H groups in total. The van der Waals surface area contributed by atoms with Crippen LogP contribution < -0.4 is 5.32 Å². The van der Waals surface area contributed by atoms with Gasteiger partial charge in [0.1, 0.15) is 5.60 Å². The van der Waals surface area contributed by atoms with Crippen molar-refractivity contribution in [2.24, 2.45) is 0 Å². The topological polar surface area (TPSA) is 56.1 Å². The molecule has 1 aromatic carbocycles. The van der Waals surface area contributed by atoms with Gasteiger partial charge in [-0.25, -0.2) is 9.48 Å². The maximum Gasteiger partial charge on any atom is 0.435 e. The molecule has 0 atom stereocenters. The molecule has 11 heteroatoms. The number of ether oxygens (including phenoxy) is 1. The van der Waals surface area contributed by atoms with Crippen LogP contribution in [-0.2, 0) is 17.1 Å².